The molecule has 7 nitrogen and oxygen atoms in total. The Hall–Kier alpha value is -1.18. The van der Waals surface area contributed by atoms with Crippen LogP contribution in [-0.2, 0) is 9.59 Å². The molecule has 0 aliphatic rings. The zero-order valence-electron chi connectivity index (χ0n) is 12.8. The number of hydrogen-bond donors (Lipinski definition) is 4. The van der Waals surface area contributed by atoms with Crippen LogP contribution in [-0.4, -0.2) is 54.7 Å². The van der Waals surface area contributed by atoms with Crippen molar-refractivity contribution in [1.82, 2.24) is 15.8 Å². The Bertz CT molecular complexity index is 308. The Balaban J connectivity index is 4.11. The molecule has 1 amide bonds. The zero-order chi connectivity index (χ0) is 15.7. The summed E-state index contributed by atoms with van der Waals surface area (Å²) < 4.78 is 0. The van der Waals surface area contributed by atoms with Gasteiger partial charge in [0.05, 0.1) is 6.04 Å². The van der Waals surface area contributed by atoms with E-state index in [2.05, 4.69) is 10.7 Å². The first-order valence-corrected chi connectivity index (χ1v) is 6.95. The van der Waals surface area contributed by atoms with Crippen LogP contribution in [0, 0.1) is 5.92 Å². The highest BCUT2D eigenvalue weighted by atomic mass is 16.4. The lowest BCUT2D eigenvalue weighted by Gasteiger charge is -2.20. The number of nitrogens with two attached hydrogens (primary N) is 1. The zero-order valence-corrected chi connectivity index (χ0v) is 12.8. The van der Waals surface area contributed by atoms with Gasteiger partial charge in [-0.2, -0.15) is 0 Å². The van der Waals surface area contributed by atoms with Gasteiger partial charge in [0, 0.05) is 20.6 Å². The Morgan fingerprint density at radius 1 is 1.25 bits per heavy atom. The summed E-state index contributed by atoms with van der Waals surface area (Å²) in [6.45, 7) is 4.43. The Morgan fingerprint density at radius 2 is 1.85 bits per heavy atom. The highest BCUT2D eigenvalue weighted by Gasteiger charge is 2.24. The molecule has 7 heteroatoms. The van der Waals surface area contributed by atoms with Crippen molar-refractivity contribution in [2.24, 2.45) is 11.7 Å². The van der Waals surface area contributed by atoms with Crippen molar-refractivity contribution in [2.75, 3.05) is 20.6 Å². The first kappa shape index (κ1) is 18.8. The lowest BCUT2D eigenvalue weighted by molar-refractivity contribution is -0.142. The van der Waals surface area contributed by atoms with Gasteiger partial charge in [-0.3, -0.25) is 15.2 Å². The van der Waals surface area contributed by atoms with Crippen LogP contribution in [0.3, 0.4) is 0 Å². The second kappa shape index (κ2) is 9.68. The van der Waals surface area contributed by atoms with E-state index in [9.17, 15) is 9.59 Å². The molecule has 0 aliphatic carbocycles. The summed E-state index contributed by atoms with van der Waals surface area (Å²) in [7, 11) is 3.79. The molecular formula is C13H28N4O3. The van der Waals surface area contributed by atoms with Crippen molar-refractivity contribution in [1.29, 1.82) is 0 Å². The third-order valence-corrected chi connectivity index (χ3v) is 2.98. The number of carbonyl (C=O) groups is 2. The van der Waals surface area contributed by atoms with Crippen LogP contribution in [0.25, 0.3) is 0 Å². The van der Waals surface area contributed by atoms with Crippen molar-refractivity contribution in [3.63, 3.8) is 0 Å². The number of unbranched alkanes of at least 4 members (excludes halogenated alkanes) is 1. The Morgan fingerprint density at radius 3 is 2.30 bits per heavy atom. The number of nitrogens with zero attached hydrogens (tertiary/aromatic N) is 1. The van der Waals surface area contributed by atoms with Crippen molar-refractivity contribution in [3.8, 4) is 0 Å². The predicted octanol–water partition coefficient (Wildman–Crippen LogP) is -0.224. The van der Waals surface area contributed by atoms with E-state index in [0.717, 1.165) is 19.4 Å². The van der Waals surface area contributed by atoms with Crippen LogP contribution >= 0.6 is 0 Å². The predicted molar refractivity (Wildman–Crippen MR) is 77.9 cm³/mol. The highest BCUT2D eigenvalue weighted by molar-refractivity contribution is 5.86. The van der Waals surface area contributed by atoms with Crippen LogP contribution in [0.15, 0.2) is 0 Å². The van der Waals surface area contributed by atoms with Gasteiger partial charge in [-0.15, -0.1) is 0 Å². The molecule has 0 aliphatic heterocycles. The Kier molecular flexibility index (Phi) is 9.11. The van der Waals surface area contributed by atoms with E-state index in [1.165, 1.54) is 0 Å². The number of amides is 1. The van der Waals surface area contributed by atoms with Crippen LogP contribution in [0.5, 0.6) is 0 Å². The van der Waals surface area contributed by atoms with Crippen LogP contribution < -0.4 is 16.5 Å². The van der Waals surface area contributed by atoms with E-state index in [4.69, 9.17) is 10.8 Å². The number of carbonyl (C=O) groups excluding carboxylic acids is 1. The van der Waals surface area contributed by atoms with Gasteiger partial charge < -0.3 is 16.2 Å². The average Bonchev–Trinajstić information content (AvgIpc) is 2.34. The minimum atomic E-state index is -1.02. The molecule has 2 atom stereocenters. The van der Waals surface area contributed by atoms with E-state index in [1.54, 1.807) is 0 Å². The quantitative estimate of drug-likeness (QED) is 0.327. The molecule has 0 bridgehead atoms. The minimum Gasteiger partial charge on any atom is -0.480 e. The number of hydrogen-bond acceptors (Lipinski definition) is 5. The maximum Gasteiger partial charge on any atom is 0.326 e. The van der Waals surface area contributed by atoms with E-state index in [-0.39, 0.29) is 5.92 Å². The van der Waals surface area contributed by atoms with Crippen LogP contribution in [0.4, 0.5) is 0 Å². The number of carboxylic acid groups (broad SMARTS) is 1. The number of hydrazine groups is 1. The van der Waals surface area contributed by atoms with Gasteiger partial charge in [0.1, 0.15) is 6.04 Å². The molecule has 0 saturated carbocycles. The third kappa shape index (κ3) is 8.08. The van der Waals surface area contributed by atoms with Gasteiger partial charge in [0.25, 0.3) is 0 Å². The molecule has 0 unspecified atom stereocenters. The van der Waals surface area contributed by atoms with Crippen molar-refractivity contribution < 1.29 is 14.7 Å². The maximum atomic E-state index is 11.8. The normalized spacial score (nSPS) is 14.3. The fourth-order valence-corrected chi connectivity index (χ4v) is 1.60. The summed E-state index contributed by atoms with van der Waals surface area (Å²) >= 11 is 0. The number of aliphatic carboxylic acids is 1. The van der Waals surface area contributed by atoms with E-state index in [0.29, 0.717) is 6.42 Å². The topological polar surface area (TPSA) is 108 Å². The SMILES string of the molecule is CC(C)[C@H](N)C(=O)N[C@@H](CCCCNN(C)C)C(=O)O. The molecule has 0 aromatic rings. The van der Waals surface area contributed by atoms with Gasteiger partial charge in [-0.05, 0) is 25.2 Å². The average molecular weight is 288 g/mol. The van der Waals surface area contributed by atoms with Crippen molar-refractivity contribution >= 4 is 11.9 Å². The smallest absolute Gasteiger partial charge is 0.326 e. The van der Waals surface area contributed by atoms with Gasteiger partial charge in [0.15, 0.2) is 0 Å². The lowest BCUT2D eigenvalue weighted by atomic mass is 10.0. The van der Waals surface area contributed by atoms with Crippen molar-refractivity contribution in [2.45, 2.75) is 45.2 Å². The summed E-state index contributed by atoms with van der Waals surface area (Å²) in [5.41, 5.74) is 8.80. The summed E-state index contributed by atoms with van der Waals surface area (Å²) in [4.78, 5) is 22.9. The Labute approximate surface area is 120 Å². The van der Waals surface area contributed by atoms with Gasteiger partial charge in [-0.25, -0.2) is 4.79 Å². The molecule has 0 aromatic carbocycles. The molecule has 0 rings (SSSR count). The summed E-state index contributed by atoms with van der Waals surface area (Å²) in [5.74, 6) is -1.44. The number of nitrogens with one attached hydrogen (secondary N) is 2. The fourth-order valence-electron chi connectivity index (χ4n) is 1.60. The van der Waals surface area contributed by atoms with Gasteiger partial charge in [0.2, 0.25) is 5.91 Å². The molecule has 5 N–H and O–H groups in total. The standard InChI is InChI=1S/C13H28N4O3/c1-9(2)11(14)12(18)16-10(13(19)20)7-5-6-8-15-17(3)4/h9-11,15H,5-8,14H2,1-4H3,(H,16,18)(H,19,20)/t10-,11-/m0/s1. The highest BCUT2D eigenvalue weighted by Crippen LogP contribution is 2.04. The van der Waals surface area contributed by atoms with Gasteiger partial charge in [-0.1, -0.05) is 13.8 Å². The second-order valence-corrected chi connectivity index (χ2v) is 5.47. The second-order valence-electron chi connectivity index (χ2n) is 5.47. The third-order valence-electron chi connectivity index (χ3n) is 2.98. The maximum absolute atomic E-state index is 11.8. The van der Waals surface area contributed by atoms with Gasteiger partial charge >= 0.3 is 5.97 Å². The fraction of sp³-hybridized carbons (Fsp3) is 0.846. The molecule has 118 valence electrons. The molecule has 0 aromatic heterocycles. The minimum absolute atomic E-state index is 0.0197. The molecular weight excluding hydrogens is 260 g/mol. The first-order valence-electron chi connectivity index (χ1n) is 6.95. The van der Waals surface area contributed by atoms with Crippen LogP contribution in [0.1, 0.15) is 33.1 Å². The van der Waals surface area contributed by atoms with E-state index in [1.807, 2.05) is 33.0 Å². The molecule has 20 heavy (non-hydrogen) atoms. The summed E-state index contributed by atoms with van der Waals surface area (Å²) in [6.07, 6.45) is 1.96. The monoisotopic (exact) mass is 288 g/mol. The molecule has 0 fully saturated rings. The number of rotatable bonds is 10. The lowest BCUT2D eigenvalue weighted by Crippen LogP contribution is -2.50. The first-order chi connectivity index (χ1) is 9.25. The molecule has 0 heterocycles. The van der Waals surface area contributed by atoms with Crippen molar-refractivity contribution in [3.05, 3.63) is 0 Å². The molecule has 0 spiro atoms. The summed E-state index contributed by atoms with van der Waals surface area (Å²) in [6, 6.07) is -1.54. The van der Waals surface area contributed by atoms with E-state index < -0.39 is 24.0 Å². The molecule has 0 radical (unpaired) electrons. The summed E-state index contributed by atoms with van der Waals surface area (Å²) in [5, 5.41) is 13.5. The van der Waals surface area contributed by atoms with E-state index >= 15 is 0 Å². The molecule has 0 saturated heterocycles. The van der Waals surface area contributed by atoms with Crippen LogP contribution in [0.2, 0.25) is 0 Å². The number of carboxylic acids is 1. The largest absolute Gasteiger partial charge is 0.480 e.